The molecule has 0 spiro atoms. The van der Waals surface area contributed by atoms with Crippen LogP contribution in [0.2, 0.25) is 0 Å². The average molecular weight is 477 g/mol. The fourth-order valence-electron chi connectivity index (χ4n) is 6.25. The fourth-order valence-corrected chi connectivity index (χ4v) is 6.25. The van der Waals surface area contributed by atoms with E-state index in [-0.39, 0.29) is 5.52 Å². The van der Waals surface area contributed by atoms with Gasteiger partial charge in [-0.3, -0.25) is 9.88 Å². The maximum Gasteiger partial charge on any atom is 0.418 e. The summed E-state index contributed by atoms with van der Waals surface area (Å²) in [6.07, 6.45) is 0.624. The monoisotopic (exact) mass is 476 g/mol. The Balaban J connectivity index is 1.26. The van der Waals surface area contributed by atoms with E-state index in [0.717, 1.165) is 71.1 Å². The summed E-state index contributed by atoms with van der Waals surface area (Å²) in [5.41, 5.74) is 0.266. The van der Waals surface area contributed by atoms with E-state index >= 15 is 0 Å². The fraction of sp³-hybridized carbons (Fsp3) is 0.654. The molecule has 2 aromatic rings. The number of anilines is 1. The molecule has 8 heteroatoms. The summed E-state index contributed by atoms with van der Waals surface area (Å²) >= 11 is 0. The highest BCUT2D eigenvalue weighted by molar-refractivity contribution is 5.94. The van der Waals surface area contributed by atoms with E-state index < -0.39 is 11.7 Å². The van der Waals surface area contributed by atoms with Gasteiger partial charge in [-0.15, -0.1) is 0 Å². The van der Waals surface area contributed by atoms with Crippen molar-refractivity contribution in [1.29, 1.82) is 0 Å². The molecule has 0 bridgehead atoms. The second kappa shape index (κ2) is 9.99. The van der Waals surface area contributed by atoms with E-state index in [2.05, 4.69) is 26.6 Å². The highest BCUT2D eigenvalue weighted by Crippen LogP contribution is 2.39. The molecular formula is C26H35F3N4O. The number of aromatic nitrogens is 1. The van der Waals surface area contributed by atoms with Crippen LogP contribution in [0.15, 0.2) is 30.5 Å². The number of piperidine rings is 2. The number of halogens is 3. The molecule has 3 saturated heterocycles. The van der Waals surface area contributed by atoms with Gasteiger partial charge in [-0.2, -0.15) is 13.2 Å². The number of ether oxygens (including phenoxy) is 1. The van der Waals surface area contributed by atoms with Crippen molar-refractivity contribution < 1.29 is 17.9 Å². The molecule has 0 saturated carbocycles. The number of morpholine rings is 1. The third-order valence-corrected chi connectivity index (χ3v) is 7.77. The highest BCUT2D eigenvalue weighted by atomic mass is 19.4. The van der Waals surface area contributed by atoms with Gasteiger partial charge in [0.15, 0.2) is 0 Å². The second-order valence-electron chi connectivity index (χ2n) is 10.3. The predicted molar refractivity (Wildman–Crippen MR) is 128 cm³/mol. The molecule has 34 heavy (non-hydrogen) atoms. The van der Waals surface area contributed by atoms with Crippen molar-refractivity contribution in [1.82, 2.24) is 14.8 Å². The third kappa shape index (κ3) is 5.19. The Morgan fingerprint density at radius 1 is 1.03 bits per heavy atom. The van der Waals surface area contributed by atoms with Crippen LogP contribution in [0.3, 0.4) is 0 Å². The van der Waals surface area contributed by atoms with Crippen molar-refractivity contribution >= 4 is 16.6 Å². The zero-order valence-corrected chi connectivity index (χ0v) is 19.9. The van der Waals surface area contributed by atoms with E-state index in [1.165, 1.54) is 25.1 Å². The van der Waals surface area contributed by atoms with Crippen LogP contribution < -0.4 is 4.90 Å². The largest absolute Gasteiger partial charge is 0.418 e. The molecule has 4 heterocycles. The van der Waals surface area contributed by atoms with Gasteiger partial charge >= 0.3 is 6.18 Å². The summed E-state index contributed by atoms with van der Waals surface area (Å²) < 4.78 is 46.2. The number of rotatable bonds is 4. The Kier molecular flexibility index (Phi) is 7.00. The van der Waals surface area contributed by atoms with E-state index in [1.54, 1.807) is 18.2 Å². The van der Waals surface area contributed by atoms with Crippen molar-refractivity contribution in [2.24, 2.45) is 11.8 Å². The molecule has 0 amide bonds. The van der Waals surface area contributed by atoms with E-state index in [1.807, 2.05) is 0 Å². The number of alkyl halides is 3. The Bertz CT molecular complexity index is 970. The Morgan fingerprint density at radius 2 is 1.79 bits per heavy atom. The first-order valence-electron chi connectivity index (χ1n) is 12.6. The molecule has 2 atom stereocenters. The van der Waals surface area contributed by atoms with Crippen LogP contribution in [0.4, 0.5) is 18.9 Å². The van der Waals surface area contributed by atoms with Crippen molar-refractivity contribution in [3.05, 3.63) is 36.0 Å². The number of nitrogens with zero attached hydrogens (tertiary/aromatic N) is 4. The molecule has 3 aliphatic heterocycles. The maximum atomic E-state index is 13.6. The van der Waals surface area contributed by atoms with Gasteiger partial charge in [0.05, 0.1) is 24.3 Å². The van der Waals surface area contributed by atoms with Gasteiger partial charge in [0.1, 0.15) is 0 Å². The minimum absolute atomic E-state index is 0.0486. The smallest absolute Gasteiger partial charge is 0.379 e. The summed E-state index contributed by atoms with van der Waals surface area (Å²) in [5, 5.41) is 0.594. The molecule has 0 unspecified atom stereocenters. The Hall–Kier alpha value is -1.90. The summed E-state index contributed by atoms with van der Waals surface area (Å²) in [7, 11) is 0. The van der Waals surface area contributed by atoms with Crippen LogP contribution >= 0.6 is 0 Å². The normalized spacial score (nSPS) is 26.3. The first-order valence-corrected chi connectivity index (χ1v) is 12.6. The maximum absolute atomic E-state index is 13.6. The van der Waals surface area contributed by atoms with Crippen LogP contribution in [0.1, 0.15) is 31.7 Å². The summed E-state index contributed by atoms with van der Waals surface area (Å²) in [6.45, 7) is 11.1. The van der Waals surface area contributed by atoms with Gasteiger partial charge < -0.3 is 14.5 Å². The number of pyridine rings is 1. The van der Waals surface area contributed by atoms with Crippen molar-refractivity contribution in [2.45, 2.75) is 38.4 Å². The van der Waals surface area contributed by atoms with Crippen LogP contribution in [0, 0.1) is 11.8 Å². The van der Waals surface area contributed by atoms with Gasteiger partial charge in [0, 0.05) is 56.0 Å². The second-order valence-corrected chi connectivity index (χ2v) is 10.3. The number of fused-ring (bicyclic) bond motifs is 1. The van der Waals surface area contributed by atoms with Crippen molar-refractivity contribution in [3.63, 3.8) is 0 Å². The quantitative estimate of drug-likeness (QED) is 0.648. The summed E-state index contributed by atoms with van der Waals surface area (Å²) in [6, 6.07) is 7.03. The number of hydrogen-bond acceptors (Lipinski definition) is 5. The summed E-state index contributed by atoms with van der Waals surface area (Å²) in [4.78, 5) is 11.6. The van der Waals surface area contributed by atoms with E-state index in [0.29, 0.717) is 23.3 Å². The minimum atomic E-state index is -4.41. The van der Waals surface area contributed by atoms with Crippen LogP contribution in [0.5, 0.6) is 0 Å². The molecule has 5 rings (SSSR count). The highest BCUT2D eigenvalue weighted by Gasteiger charge is 2.35. The Morgan fingerprint density at radius 3 is 2.53 bits per heavy atom. The van der Waals surface area contributed by atoms with Crippen LogP contribution in [-0.4, -0.2) is 79.9 Å². The summed E-state index contributed by atoms with van der Waals surface area (Å²) in [5.74, 6) is 1.01. The van der Waals surface area contributed by atoms with Crippen molar-refractivity contribution in [2.75, 3.05) is 63.9 Å². The first-order chi connectivity index (χ1) is 16.4. The molecule has 0 N–H and O–H groups in total. The van der Waals surface area contributed by atoms with Crippen molar-refractivity contribution in [3.8, 4) is 0 Å². The standard InChI is InChI=1S/C26H35F3N4O/c1-19-15-20(17-31-9-6-21(7-10-31)32-11-13-34-14-12-32)18-33(16-19)24-5-4-23(26(27,28)29)25-22(24)3-2-8-30-25/h2-5,8,19-21H,6-7,9-18H2,1H3/t19-,20-/m0/s1. The lowest BCUT2D eigenvalue weighted by Crippen LogP contribution is -2.51. The van der Waals surface area contributed by atoms with Gasteiger partial charge in [-0.25, -0.2) is 0 Å². The number of hydrogen-bond donors (Lipinski definition) is 0. The molecule has 1 aromatic carbocycles. The molecule has 3 fully saturated rings. The zero-order valence-electron chi connectivity index (χ0n) is 19.9. The zero-order chi connectivity index (χ0) is 23.7. The van der Waals surface area contributed by atoms with Crippen LogP contribution in [0.25, 0.3) is 10.9 Å². The van der Waals surface area contributed by atoms with Gasteiger partial charge in [-0.1, -0.05) is 6.92 Å². The molecule has 3 aliphatic rings. The molecule has 0 radical (unpaired) electrons. The molecular weight excluding hydrogens is 441 g/mol. The minimum Gasteiger partial charge on any atom is -0.379 e. The lowest BCUT2D eigenvalue weighted by molar-refractivity contribution is -0.136. The third-order valence-electron chi connectivity index (χ3n) is 7.77. The van der Waals surface area contributed by atoms with E-state index in [4.69, 9.17) is 4.74 Å². The molecule has 5 nitrogen and oxygen atoms in total. The molecule has 1 aromatic heterocycles. The van der Waals surface area contributed by atoms with Crippen LogP contribution in [-0.2, 0) is 10.9 Å². The Labute approximate surface area is 199 Å². The number of benzene rings is 1. The average Bonchev–Trinajstić information content (AvgIpc) is 2.83. The lowest BCUT2D eigenvalue weighted by atomic mass is 9.88. The molecule has 186 valence electrons. The van der Waals surface area contributed by atoms with Gasteiger partial charge in [0.25, 0.3) is 0 Å². The predicted octanol–water partition coefficient (Wildman–Crippen LogP) is 4.51. The number of likely N-dealkylation sites (tertiary alicyclic amines) is 1. The van der Waals surface area contributed by atoms with E-state index in [9.17, 15) is 13.2 Å². The lowest BCUT2D eigenvalue weighted by Gasteiger charge is -2.43. The first kappa shape index (κ1) is 23.8. The SMILES string of the molecule is C[C@H]1C[C@@H](CN2CCC(N3CCOCC3)CC2)CN(c2ccc(C(F)(F)F)c3ncccc23)C1. The van der Waals surface area contributed by atoms with Gasteiger partial charge in [-0.05, 0) is 68.5 Å². The topological polar surface area (TPSA) is 31.8 Å². The van der Waals surface area contributed by atoms with Gasteiger partial charge in [0.2, 0.25) is 0 Å². The molecule has 0 aliphatic carbocycles.